The van der Waals surface area contributed by atoms with Gasteiger partial charge in [0, 0.05) is 49.8 Å². The Bertz CT molecular complexity index is 1370. The molecule has 2 aromatic carbocycles. The smallest absolute Gasteiger partial charge is 0.256 e. The summed E-state index contributed by atoms with van der Waals surface area (Å²) >= 11 is 0. The fourth-order valence-corrected chi connectivity index (χ4v) is 7.38. The maximum atomic E-state index is 14.1. The molecule has 0 bridgehead atoms. The van der Waals surface area contributed by atoms with Crippen LogP contribution in [0.15, 0.2) is 47.5 Å². The number of benzene rings is 2. The first-order chi connectivity index (χ1) is 17.5. The molecule has 1 aromatic heterocycles. The van der Waals surface area contributed by atoms with E-state index in [4.69, 9.17) is 0 Å². The van der Waals surface area contributed by atoms with Crippen molar-refractivity contribution in [2.45, 2.75) is 77.7 Å². The average Bonchev–Trinajstić information content (AvgIpc) is 3.26. The number of amides is 1. The van der Waals surface area contributed by atoms with Crippen LogP contribution in [0.3, 0.4) is 0 Å². The first-order valence-corrected chi connectivity index (χ1v) is 15.0. The van der Waals surface area contributed by atoms with Crippen LogP contribution in [0.4, 0.5) is 0 Å². The molecule has 1 saturated heterocycles. The number of hydrogen-bond acceptors (Lipinski definition) is 3. The summed E-state index contributed by atoms with van der Waals surface area (Å²) < 4.78 is 31.9. The highest BCUT2D eigenvalue weighted by Crippen LogP contribution is 2.37. The van der Waals surface area contributed by atoms with Gasteiger partial charge in [0.1, 0.15) is 0 Å². The van der Waals surface area contributed by atoms with Crippen molar-refractivity contribution in [3.8, 4) is 0 Å². The van der Waals surface area contributed by atoms with Gasteiger partial charge in [-0.3, -0.25) is 4.79 Å². The molecule has 1 aliphatic heterocycles. The molecule has 0 atom stereocenters. The summed E-state index contributed by atoms with van der Waals surface area (Å²) in [6, 6.07) is 12.1. The van der Waals surface area contributed by atoms with Gasteiger partial charge in [-0.25, -0.2) is 8.42 Å². The lowest BCUT2D eigenvalue weighted by molar-refractivity contribution is 0.0699. The number of fused-ring (bicyclic) bond motifs is 1. The van der Waals surface area contributed by atoms with Crippen LogP contribution in [0.5, 0.6) is 0 Å². The van der Waals surface area contributed by atoms with Crippen LogP contribution in [-0.2, 0) is 16.6 Å². The Morgan fingerprint density at radius 3 is 1.95 bits per heavy atom. The van der Waals surface area contributed by atoms with Gasteiger partial charge >= 0.3 is 0 Å². The highest BCUT2D eigenvalue weighted by Gasteiger charge is 2.35. The van der Waals surface area contributed by atoms with E-state index in [0.717, 1.165) is 28.6 Å². The Labute approximate surface area is 222 Å². The molecule has 1 amide bonds. The normalized spacial score (nSPS) is 15.5. The fourth-order valence-electron chi connectivity index (χ4n) is 5.30. The number of aryl methyl sites for hydroxylation is 1. The van der Waals surface area contributed by atoms with E-state index in [2.05, 4.69) is 65.2 Å². The molecule has 0 N–H and O–H groups in total. The Morgan fingerprint density at radius 1 is 0.865 bits per heavy atom. The van der Waals surface area contributed by atoms with Crippen molar-refractivity contribution in [3.05, 3.63) is 64.8 Å². The molecule has 0 aliphatic carbocycles. The Hall–Kier alpha value is -2.64. The number of piperazine rings is 1. The molecule has 7 heteroatoms. The third-order valence-corrected chi connectivity index (χ3v) is 9.60. The molecule has 4 rings (SSSR count). The highest BCUT2D eigenvalue weighted by molar-refractivity contribution is 7.89. The molecular weight excluding hydrogens is 482 g/mol. The van der Waals surface area contributed by atoms with Crippen molar-refractivity contribution in [2.24, 2.45) is 0 Å². The van der Waals surface area contributed by atoms with E-state index in [1.54, 1.807) is 9.21 Å². The summed E-state index contributed by atoms with van der Waals surface area (Å²) in [5.74, 6) is 0.451. The monoisotopic (exact) mass is 523 g/mol. The van der Waals surface area contributed by atoms with E-state index in [0.29, 0.717) is 42.6 Å². The molecule has 0 radical (unpaired) electrons. The SMILES string of the molecule is CCn1cc(C(=O)N2CCN(S(=O)(=O)c3c(C(C)C)cc(C(C)C)cc3C(C)C)CC2)c2ccccc21. The average molecular weight is 524 g/mol. The predicted molar refractivity (Wildman–Crippen MR) is 151 cm³/mol. The van der Waals surface area contributed by atoms with Crippen molar-refractivity contribution in [3.63, 3.8) is 0 Å². The molecule has 6 nitrogen and oxygen atoms in total. The van der Waals surface area contributed by atoms with Gasteiger partial charge in [-0.05, 0) is 47.4 Å². The van der Waals surface area contributed by atoms with Gasteiger partial charge in [-0.15, -0.1) is 0 Å². The Kier molecular flexibility index (Phi) is 7.86. The summed E-state index contributed by atoms with van der Waals surface area (Å²) in [4.78, 5) is 15.8. The zero-order valence-electron chi connectivity index (χ0n) is 23.3. The minimum atomic E-state index is -3.71. The number of rotatable bonds is 7. The third kappa shape index (κ3) is 5.08. The number of nitrogens with zero attached hydrogens (tertiary/aromatic N) is 3. The standard InChI is InChI=1S/C30H41N3O3S/c1-8-31-19-27(24-11-9-10-12-28(24)31)30(34)32-13-15-33(16-14-32)37(35,36)29-25(21(4)5)17-23(20(2)3)18-26(29)22(6)7/h9-12,17-22H,8,13-16H2,1-7H3. The second-order valence-corrected chi connectivity index (χ2v) is 12.9. The minimum Gasteiger partial charge on any atom is -0.347 e. The van der Waals surface area contributed by atoms with Crippen molar-refractivity contribution in [1.29, 1.82) is 0 Å². The number of hydrogen-bond donors (Lipinski definition) is 0. The van der Waals surface area contributed by atoms with Gasteiger partial charge < -0.3 is 9.47 Å². The van der Waals surface area contributed by atoms with Crippen molar-refractivity contribution >= 4 is 26.8 Å². The van der Waals surface area contributed by atoms with Gasteiger partial charge in [0.2, 0.25) is 10.0 Å². The van der Waals surface area contributed by atoms with Crippen LogP contribution in [-0.4, -0.2) is 54.3 Å². The molecule has 37 heavy (non-hydrogen) atoms. The lowest BCUT2D eigenvalue weighted by Crippen LogP contribution is -2.50. The summed E-state index contributed by atoms with van der Waals surface area (Å²) in [7, 11) is -3.71. The molecule has 1 fully saturated rings. The number of para-hydroxylation sites is 1. The summed E-state index contributed by atoms with van der Waals surface area (Å²) in [6.07, 6.45) is 1.93. The lowest BCUT2D eigenvalue weighted by atomic mass is 9.89. The number of aromatic nitrogens is 1. The first-order valence-electron chi connectivity index (χ1n) is 13.5. The van der Waals surface area contributed by atoms with Crippen molar-refractivity contribution in [2.75, 3.05) is 26.2 Å². The molecular formula is C30H41N3O3S. The van der Waals surface area contributed by atoms with Crippen LogP contribution in [0.2, 0.25) is 0 Å². The summed E-state index contributed by atoms with van der Waals surface area (Å²) in [5, 5.41) is 0.942. The molecule has 0 spiro atoms. The van der Waals surface area contributed by atoms with Crippen LogP contribution in [0.1, 0.15) is 93.3 Å². The van der Waals surface area contributed by atoms with Gasteiger partial charge in [-0.2, -0.15) is 4.31 Å². The molecule has 0 unspecified atom stereocenters. The predicted octanol–water partition coefficient (Wildman–Crippen LogP) is 6.18. The van der Waals surface area contributed by atoms with Gasteiger partial charge in [0.25, 0.3) is 5.91 Å². The zero-order valence-corrected chi connectivity index (χ0v) is 24.1. The van der Waals surface area contributed by atoms with Crippen molar-refractivity contribution in [1.82, 2.24) is 13.8 Å². The maximum Gasteiger partial charge on any atom is 0.256 e. The zero-order chi connectivity index (χ0) is 27.1. The molecule has 3 aromatic rings. The van der Waals surface area contributed by atoms with Crippen molar-refractivity contribution < 1.29 is 13.2 Å². The summed E-state index contributed by atoms with van der Waals surface area (Å²) in [5.41, 5.74) is 4.68. The van der Waals surface area contributed by atoms with Gasteiger partial charge in [0.05, 0.1) is 10.5 Å². The maximum absolute atomic E-state index is 14.1. The van der Waals surface area contributed by atoms with E-state index in [1.807, 2.05) is 30.5 Å². The molecule has 0 saturated carbocycles. The van der Waals surface area contributed by atoms with Crippen LogP contribution < -0.4 is 0 Å². The van der Waals surface area contributed by atoms with E-state index in [9.17, 15) is 13.2 Å². The second-order valence-electron chi connectivity index (χ2n) is 11.0. The van der Waals surface area contributed by atoms with E-state index >= 15 is 0 Å². The molecule has 1 aliphatic rings. The van der Waals surface area contributed by atoms with Crippen LogP contribution in [0.25, 0.3) is 10.9 Å². The lowest BCUT2D eigenvalue weighted by Gasteiger charge is -2.35. The quantitative estimate of drug-likeness (QED) is 0.372. The van der Waals surface area contributed by atoms with Crippen LogP contribution >= 0.6 is 0 Å². The second kappa shape index (κ2) is 10.6. The van der Waals surface area contributed by atoms with E-state index in [1.165, 1.54) is 5.56 Å². The first kappa shape index (κ1) is 27.4. The molecule has 2 heterocycles. The Morgan fingerprint density at radius 2 is 1.43 bits per heavy atom. The topological polar surface area (TPSA) is 62.6 Å². The third-order valence-electron chi connectivity index (χ3n) is 7.56. The van der Waals surface area contributed by atoms with E-state index in [-0.39, 0.29) is 17.7 Å². The minimum absolute atomic E-state index is 0.0347. The van der Waals surface area contributed by atoms with E-state index < -0.39 is 10.0 Å². The summed E-state index contributed by atoms with van der Waals surface area (Å²) in [6.45, 7) is 16.7. The van der Waals surface area contributed by atoms with Crippen LogP contribution in [0, 0.1) is 0 Å². The molecule has 200 valence electrons. The number of sulfonamides is 1. The number of carbonyl (C=O) groups excluding carboxylic acids is 1. The Balaban J connectivity index is 1.63. The largest absolute Gasteiger partial charge is 0.347 e. The fraction of sp³-hybridized carbons (Fsp3) is 0.500. The number of carbonyl (C=O) groups is 1. The van der Waals surface area contributed by atoms with Gasteiger partial charge in [0.15, 0.2) is 0 Å². The van der Waals surface area contributed by atoms with Gasteiger partial charge in [-0.1, -0.05) is 71.9 Å². The highest BCUT2D eigenvalue weighted by atomic mass is 32.2.